The second-order valence-electron chi connectivity index (χ2n) is 8.17. The number of β-amino-alcohol motifs (C(OH)–C–C–N with tert-alkyl or cyclic N) is 2. The zero-order valence-electron chi connectivity index (χ0n) is 16.0. The average molecular weight is 403 g/mol. The number of hydrogen-bond acceptors (Lipinski definition) is 7. The second-order valence-corrected chi connectivity index (χ2v) is 8.58. The fourth-order valence-electron chi connectivity index (χ4n) is 3.23. The van der Waals surface area contributed by atoms with E-state index in [0.29, 0.717) is 34.4 Å². The molecular formula is C19H23ClN6O2. The zero-order valence-corrected chi connectivity index (χ0v) is 16.8. The SMILES string of the molecule is CC(C)(C)c1nc(N2CC(O)[C@H](O)C2)c2nnn(Cc3ccccc3Cl)c2n1. The molecule has 2 aromatic heterocycles. The molecule has 8 nitrogen and oxygen atoms in total. The molecule has 1 fully saturated rings. The monoisotopic (exact) mass is 402 g/mol. The Labute approximate surface area is 167 Å². The van der Waals surface area contributed by atoms with Gasteiger partial charge < -0.3 is 15.1 Å². The molecular weight excluding hydrogens is 380 g/mol. The summed E-state index contributed by atoms with van der Waals surface area (Å²) in [6, 6.07) is 7.58. The van der Waals surface area contributed by atoms with Crippen LogP contribution in [0.15, 0.2) is 24.3 Å². The van der Waals surface area contributed by atoms with E-state index in [1.54, 1.807) is 4.68 Å². The largest absolute Gasteiger partial charge is 0.389 e. The van der Waals surface area contributed by atoms with Crippen molar-refractivity contribution in [1.29, 1.82) is 0 Å². The molecule has 1 saturated heterocycles. The fraction of sp³-hybridized carbons (Fsp3) is 0.474. The maximum atomic E-state index is 9.97. The van der Waals surface area contributed by atoms with Gasteiger partial charge in [0.15, 0.2) is 17.0 Å². The summed E-state index contributed by atoms with van der Waals surface area (Å²) in [4.78, 5) is 11.3. The van der Waals surface area contributed by atoms with Crippen LogP contribution in [0.2, 0.25) is 5.02 Å². The summed E-state index contributed by atoms with van der Waals surface area (Å²) < 4.78 is 1.71. The molecule has 1 unspecified atom stereocenters. The predicted octanol–water partition coefficient (Wildman–Crippen LogP) is 1.76. The van der Waals surface area contributed by atoms with Crippen molar-refractivity contribution in [3.8, 4) is 0 Å². The first kappa shape index (κ1) is 19.0. The lowest BCUT2D eigenvalue weighted by Gasteiger charge is -2.21. The molecule has 0 amide bonds. The van der Waals surface area contributed by atoms with Gasteiger partial charge in [0.2, 0.25) is 0 Å². The van der Waals surface area contributed by atoms with Crippen molar-refractivity contribution in [2.75, 3.05) is 18.0 Å². The molecule has 4 rings (SSSR count). The van der Waals surface area contributed by atoms with Gasteiger partial charge in [-0.1, -0.05) is 55.8 Å². The molecule has 2 atom stereocenters. The minimum absolute atomic E-state index is 0.286. The first-order valence-corrected chi connectivity index (χ1v) is 9.58. The Balaban J connectivity index is 1.83. The van der Waals surface area contributed by atoms with Crippen molar-refractivity contribution in [2.45, 2.75) is 44.9 Å². The molecule has 1 aliphatic heterocycles. The Morgan fingerprint density at radius 2 is 1.79 bits per heavy atom. The van der Waals surface area contributed by atoms with Gasteiger partial charge in [0.25, 0.3) is 0 Å². The minimum Gasteiger partial charge on any atom is -0.389 e. The summed E-state index contributed by atoms with van der Waals surface area (Å²) in [6.07, 6.45) is -1.64. The van der Waals surface area contributed by atoms with Crippen LogP contribution in [0.3, 0.4) is 0 Å². The number of aliphatic hydroxyl groups excluding tert-OH is 2. The van der Waals surface area contributed by atoms with E-state index in [1.165, 1.54) is 0 Å². The summed E-state index contributed by atoms with van der Waals surface area (Å²) in [5, 5.41) is 29.2. The molecule has 1 aromatic carbocycles. The number of nitrogens with zero attached hydrogens (tertiary/aromatic N) is 6. The lowest BCUT2D eigenvalue weighted by Crippen LogP contribution is -2.25. The van der Waals surface area contributed by atoms with Gasteiger partial charge in [-0.25, -0.2) is 14.6 Å². The standard InChI is InChI=1S/C19H23ClN6O2/c1-19(2,3)18-21-16(25-9-13(27)14(28)10-25)15-17(22-18)26(24-23-15)8-11-6-4-5-7-12(11)20/h4-7,13-14,27-28H,8-10H2,1-3H3/t13-,14?/m1/s1. The normalized spacial score (nSPS) is 20.3. The Bertz CT molecular complexity index is 1010. The maximum Gasteiger partial charge on any atom is 0.184 e. The Morgan fingerprint density at radius 1 is 1.11 bits per heavy atom. The lowest BCUT2D eigenvalue weighted by molar-refractivity contribution is 0.0572. The van der Waals surface area contributed by atoms with Gasteiger partial charge in [0.1, 0.15) is 5.82 Å². The molecule has 3 aromatic rings. The highest BCUT2D eigenvalue weighted by molar-refractivity contribution is 6.31. The first-order chi connectivity index (χ1) is 13.2. The van der Waals surface area contributed by atoms with Crippen LogP contribution in [-0.4, -0.2) is 60.5 Å². The van der Waals surface area contributed by atoms with E-state index >= 15 is 0 Å². The van der Waals surface area contributed by atoms with Crippen molar-refractivity contribution in [1.82, 2.24) is 25.0 Å². The second kappa shape index (κ2) is 6.95. The van der Waals surface area contributed by atoms with Crippen LogP contribution in [0.1, 0.15) is 32.2 Å². The molecule has 0 spiro atoms. The van der Waals surface area contributed by atoms with Crippen molar-refractivity contribution in [3.05, 3.63) is 40.7 Å². The number of anilines is 1. The fourth-order valence-corrected chi connectivity index (χ4v) is 3.43. The Kier molecular flexibility index (Phi) is 4.73. The molecule has 0 bridgehead atoms. The van der Waals surface area contributed by atoms with Gasteiger partial charge in [0.05, 0.1) is 18.8 Å². The molecule has 0 radical (unpaired) electrons. The molecule has 3 heterocycles. The minimum atomic E-state index is -0.818. The highest BCUT2D eigenvalue weighted by atomic mass is 35.5. The summed E-state index contributed by atoms with van der Waals surface area (Å²) in [7, 11) is 0. The van der Waals surface area contributed by atoms with Crippen LogP contribution in [0.4, 0.5) is 5.82 Å². The van der Waals surface area contributed by atoms with Crippen molar-refractivity contribution < 1.29 is 10.2 Å². The summed E-state index contributed by atoms with van der Waals surface area (Å²) in [6.45, 7) is 7.11. The van der Waals surface area contributed by atoms with E-state index in [0.717, 1.165) is 5.56 Å². The quantitative estimate of drug-likeness (QED) is 0.688. The third kappa shape index (κ3) is 3.43. The molecule has 2 N–H and O–H groups in total. The van der Waals surface area contributed by atoms with Gasteiger partial charge in [-0.3, -0.25) is 0 Å². The molecule has 0 aliphatic carbocycles. The number of hydrogen-bond donors (Lipinski definition) is 2. The van der Waals surface area contributed by atoms with E-state index in [1.807, 2.05) is 49.9 Å². The van der Waals surface area contributed by atoms with Crippen LogP contribution in [-0.2, 0) is 12.0 Å². The van der Waals surface area contributed by atoms with E-state index in [4.69, 9.17) is 21.6 Å². The number of halogens is 1. The Hall–Kier alpha value is -2.29. The van der Waals surface area contributed by atoms with Gasteiger partial charge in [-0.2, -0.15) is 0 Å². The van der Waals surface area contributed by atoms with Crippen LogP contribution in [0.5, 0.6) is 0 Å². The topological polar surface area (TPSA) is 100 Å². The van der Waals surface area contributed by atoms with Crippen LogP contribution in [0.25, 0.3) is 11.2 Å². The third-order valence-electron chi connectivity index (χ3n) is 4.85. The van der Waals surface area contributed by atoms with Crippen molar-refractivity contribution >= 4 is 28.6 Å². The molecule has 28 heavy (non-hydrogen) atoms. The molecule has 148 valence electrons. The highest BCUT2D eigenvalue weighted by Crippen LogP contribution is 2.30. The number of aliphatic hydroxyl groups is 2. The maximum absolute atomic E-state index is 9.97. The number of fused-ring (bicyclic) bond motifs is 1. The van der Waals surface area contributed by atoms with E-state index in [2.05, 4.69) is 10.3 Å². The highest BCUT2D eigenvalue weighted by Gasteiger charge is 2.33. The van der Waals surface area contributed by atoms with E-state index < -0.39 is 12.2 Å². The van der Waals surface area contributed by atoms with E-state index in [-0.39, 0.29) is 18.5 Å². The Morgan fingerprint density at radius 3 is 2.43 bits per heavy atom. The molecule has 9 heteroatoms. The lowest BCUT2D eigenvalue weighted by atomic mass is 9.96. The first-order valence-electron chi connectivity index (χ1n) is 9.20. The number of benzene rings is 1. The van der Waals surface area contributed by atoms with Crippen LogP contribution >= 0.6 is 11.6 Å². The summed E-state index contributed by atoms with van der Waals surface area (Å²) >= 11 is 6.31. The summed E-state index contributed by atoms with van der Waals surface area (Å²) in [5.74, 6) is 1.23. The van der Waals surface area contributed by atoms with Crippen LogP contribution < -0.4 is 4.90 Å². The summed E-state index contributed by atoms with van der Waals surface area (Å²) in [5.41, 5.74) is 1.77. The number of rotatable bonds is 3. The smallest absolute Gasteiger partial charge is 0.184 e. The van der Waals surface area contributed by atoms with Crippen LogP contribution in [0, 0.1) is 0 Å². The van der Waals surface area contributed by atoms with Gasteiger partial charge in [-0.15, -0.1) is 5.10 Å². The van der Waals surface area contributed by atoms with Gasteiger partial charge in [-0.05, 0) is 11.6 Å². The molecule has 0 saturated carbocycles. The van der Waals surface area contributed by atoms with Crippen molar-refractivity contribution in [2.24, 2.45) is 0 Å². The predicted molar refractivity (Wildman–Crippen MR) is 107 cm³/mol. The van der Waals surface area contributed by atoms with Gasteiger partial charge in [0, 0.05) is 23.5 Å². The van der Waals surface area contributed by atoms with Gasteiger partial charge >= 0.3 is 0 Å². The van der Waals surface area contributed by atoms with Crippen molar-refractivity contribution in [3.63, 3.8) is 0 Å². The third-order valence-corrected chi connectivity index (χ3v) is 5.22. The zero-order chi connectivity index (χ0) is 20.1. The van der Waals surface area contributed by atoms with E-state index in [9.17, 15) is 10.2 Å². The molecule has 1 aliphatic rings. The average Bonchev–Trinajstić information content (AvgIpc) is 3.19. The number of aromatic nitrogens is 5.